The highest BCUT2D eigenvalue weighted by Crippen LogP contribution is 2.03. The minimum atomic E-state index is 0.498. The zero-order chi connectivity index (χ0) is 13.8. The van der Waals surface area contributed by atoms with E-state index in [4.69, 9.17) is 14.7 Å². The lowest BCUT2D eigenvalue weighted by Crippen LogP contribution is -2.16. The van der Waals surface area contributed by atoms with Crippen LogP contribution in [0.25, 0.3) is 0 Å². The van der Waals surface area contributed by atoms with Gasteiger partial charge in [-0.15, -0.1) is 0 Å². The highest BCUT2D eigenvalue weighted by molar-refractivity contribution is 5.30. The summed E-state index contributed by atoms with van der Waals surface area (Å²) in [6.07, 6.45) is 3.71. The van der Waals surface area contributed by atoms with Gasteiger partial charge in [0.25, 0.3) is 0 Å². The molecule has 1 heterocycles. The Balaban J connectivity index is 2.03. The third-order valence-corrected chi connectivity index (χ3v) is 2.64. The second kappa shape index (κ2) is 10.4. The first-order valence-corrected chi connectivity index (χ1v) is 6.50. The van der Waals surface area contributed by atoms with E-state index in [1.165, 1.54) is 0 Å². The predicted octanol–water partition coefficient (Wildman–Crippen LogP) is 1.49. The van der Waals surface area contributed by atoms with Crippen LogP contribution in [0.3, 0.4) is 0 Å². The highest BCUT2D eigenvalue weighted by atomic mass is 16.5. The van der Waals surface area contributed by atoms with Gasteiger partial charge in [0, 0.05) is 32.0 Å². The Labute approximate surface area is 114 Å². The number of nitrogens with one attached hydrogen (secondary N) is 1. The Morgan fingerprint density at radius 3 is 3.00 bits per heavy atom. The molecule has 5 heteroatoms. The average Bonchev–Trinajstić information content (AvgIpc) is 2.46. The maximum absolute atomic E-state index is 8.89. The van der Waals surface area contributed by atoms with Crippen LogP contribution in [0, 0.1) is 11.3 Å². The molecule has 0 aromatic carbocycles. The summed E-state index contributed by atoms with van der Waals surface area (Å²) < 4.78 is 10.3. The van der Waals surface area contributed by atoms with Crippen molar-refractivity contribution in [3.63, 3.8) is 0 Å². The Morgan fingerprint density at radius 2 is 2.21 bits per heavy atom. The number of ether oxygens (including phenoxy) is 2. The lowest BCUT2D eigenvalue weighted by atomic mass is 10.2. The van der Waals surface area contributed by atoms with Gasteiger partial charge in [-0.05, 0) is 25.5 Å². The molecule has 1 N–H and O–H groups in total. The summed E-state index contributed by atoms with van der Waals surface area (Å²) in [6.45, 7) is 3.66. The quantitative estimate of drug-likeness (QED) is 0.648. The number of methoxy groups -OCH3 is 1. The second-order valence-electron chi connectivity index (χ2n) is 4.11. The standard InChI is InChI=1S/C14H21N3O2/c1-18-9-10-19-8-3-2-6-16-12-13-5-4-7-17-14(13)11-15/h4-5,7,16H,2-3,6,8-10,12H2,1H3. The van der Waals surface area contributed by atoms with Gasteiger partial charge in [-0.3, -0.25) is 0 Å². The number of unbranched alkanes of at least 4 members (excludes halogenated alkanes) is 1. The molecule has 0 spiro atoms. The zero-order valence-electron chi connectivity index (χ0n) is 11.4. The molecule has 1 aromatic rings. The van der Waals surface area contributed by atoms with Crippen LogP contribution < -0.4 is 5.32 Å². The molecule has 5 nitrogen and oxygen atoms in total. The van der Waals surface area contributed by atoms with Crippen molar-refractivity contribution in [2.75, 3.05) is 33.5 Å². The van der Waals surface area contributed by atoms with E-state index in [0.29, 0.717) is 25.5 Å². The molecule has 0 fully saturated rings. The van der Waals surface area contributed by atoms with Crippen LogP contribution in [0.4, 0.5) is 0 Å². The minimum absolute atomic E-state index is 0.498. The fourth-order valence-electron chi connectivity index (χ4n) is 1.60. The summed E-state index contributed by atoms with van der Waals surface area (Å²) in [4.78, 5) is 4.02. The van der Waals surface area contributed by atoms with Crippen LogP contribution in [-0.2, 0) is 16.0 Å². The molecule has 0 atom stereocenters. The molecule has 0 radical (unpaired) electrons. The maximum atomic E-state index is 8.89. The van der Waals surface area contributed by atoms with Gasteiger partial charge < -0.3 is 14.8 Å². The Morgan fingerprint density at radius 1 is 1.32 bits per heavy atom. The van der Waals surface area contributed by atoms with Gasteiger partial charge in [-0.25, -0.2) is 4.98 Å². The summed E-state index contributed by atoms with van der Waals surface area (Å²) in [5.74, 6) is 0. The van der Waals surface area contributed by atoms with Gasteiger partial charge in [0.15, 0.2) is 0 Å². The van der Waals surface area contributed by atoms with Crippen molar-refractivity contribution >= 4 is 0 Å². The molecule has 1 aromatic heterocycles. The minimum Gasteiger partial charge on any atom is -0.382 e. The van der Waals surface area contributed by atoms with E-state index in [1.807, 2.05) is 12.1 Å². The van der Waals surface area contributed by atoms with Crippen LogP contribution in [0.1, 0.15) is 24.1 Å². The van der Waals surface area contributed by atoms with E-state index in [0.717, 1.165) is 31.6 Å². The van der Waals surface area contributed by atoms with Crippen LogP contribution in [-0.4, -0.2) is 38.5 Å². The van der Waals surface area contributed by atoms with Crippen LogP contribution in [0.2, 0.25) is 0 Å². The van der Waals surface area contributed by atoms with Crippen molar-refractivity contribution in [1.29, 1.82) is 5.26 Å². The van der Waals surface area contributed by atoms with Gasteiger partial charge in [0.05, 0.1) is 13.2 Å². The molecule has 0 saturated carbocycles. The summed E-state index contributed by atoms with van der Waals surface area (Å²) in [7, 11) is 1.67. The van der Waals surface area contributed by atoms with Gasteiger partial charge in [-0.2, -0.15) is 5.26 Å². The zero-order valence-corrected chi connectivity index (χ0v) is 11.4. The monoisotopic (exact) mass is 263 g/mol. The number of hydrogen-bond acceptors (Lipinski definition) is 5. The fraction of sp³-hybridized carbons (Fsp3) is 0.571. The molecule has 0 saturated heterocycles. The first-order valence-electron chi connectivity index (χ1n) is 6.50. The normalized spacial score (nSPS) is 10.3. The first kappa shape index (κ1) is 15.6. The smallest absolute Gasteiger partial charge is 0.144 e. The Bertz CT molecular complexity index is 391. The summed E-state index contributed by atoms with van der Waals surface area (Å²) in [5.41, 5.74) is 1.44. The van der Waals surface area contributed by atoms with Crippen molar-refractivity contribution in [3.05, 3.63) is 29.6 Å². The van der Waals surface area contributed by atoms with E-state index < -0.39 is 0 Å². The molecular weight excluding hydrogens is 242 g/mol. The third kappa shape index (κ3) is 6.87. The van der Waals surface area contributed by atoms with Gasteiger partial charge in [0.2, 0.25) is 0 Å². The number of pyridine rings is 1. The van der Waals surface area contributed by atoms with Crippen LogP contribution in [0.5, 0.6) is 0 Å². The van der Waals surface area contributed by atoms with Crippen molar-refractivity contribution in [2.45, 2.75) is 19.4 Å². The van der Waals surface area contributed by atoms with Gasteiger partial charge in [0.1, 0.15) is 11.8 Å². The van der Waals surface area contributed by atoms with Crippen molar-refractivity contribution in [3.8, 4) is 6.07 Å². The van der Waals surface area contributed by atoms with Gasteiger partial charge in [-0.1, -0.05) is 6.07 Å². The van der Waals surface area contributed by atoms with Gasteiger partial charge >= 0.3 is 0 Å². The van der Waals surface area contributed by atoms with Crippen LogP contribution in [0.15, 0.2) is 18.3 Å². The van der Waals surface area contributed by atoms with E-state index in [9.17, 15) is 0 Å². The largest absolute Gasteiger partial charge is 0.382 e. The van der Waals surface area contributed by atoms with E-state index >= 15 is 0 Å². The number of aromatic nitrogens is 1. The van der Waals surface area contributed by atoms with E-state index in [1.54, 1.807) is 13.3 Å². The van der Waals surface area contributed by atoms with E-state index in [2.05, 4.69) is 16.4 Å². The third-order valence-electron chi connectivity index (χ3n) is 2.64. The molecule has 19 heavy (non-hydrogen) atoms. The van der Waals surface area contributed by atoms with E-state index in [-0.39, 0.29) is 0 Å². The maximum Gasteiger partial charge on any atom is 0.144 e. The Hall–Kier alpha value is -1.48. The summed E-state index contributed by atoms with van der Waals surface area (Å²) in [6, 6.07) is 5.87. The molecule has 0 aliphatic rings. The molecular formula is C14H21N3O2. The molecule has 1 rings (SSSR count). The Kier molecular flexibility index (Phi) is 8.56. The van der Waals surface area contributed by atoms with Crippen molar-refractivity contribution in [1.82, 2.24) is 10.3 Å². The molecule has 0 amide bonds. The SMILES string of the molecule is COCCOCCCCNCc1cccnc1C#N. The second-order valence-corrected chi connectivity index (χ2v) is 4.11. The molecule has 0 aliphatic heterocycles. The summed E-state index contributed by atoms with van der Waals surface area (Å²) >= 11 is 0. The molecule has 104 valence electrons. The van der Waals surface area contributed by atoms with Crippen molar-refractivity contribution in [2.24, 2.45) is 0 Å². The number of nitriles is 1. The lowest BCUT2D eigenvalue weighted by molar-refractivity contribution is 0.0688. The lowest BCUT2D eigenvalue weighted by Gasteiger charge is -2.06. The number of nitrogens with zero attached hydrogens (tertiary/aromatic N) is 2. The predicted molar refractivity (Wildman–Crippen MR) is 72.6 cm³/mol. The topological polar surface area (TPSA) is 67.2 Å². The molecule has 0 unspecified atom stereocenters. The molecule has 0 aliphatic carbocycles. The average molecular weight is 263 g/mol. The van der Waals surface area contributed by atoms with Crippen LogP contribution >= 0.6 is 0 Å². The highest BCUT2D eigenvalue weighted by Gasteiger charge is 2.00. The summed E-state index contributed by atoms with van der Waals surface area (Å²) in [5, 5.41) is 12.2. The fourth-order valence-corrected chi connectivity index (χ4v) is 1.60. The molecule has 0 bridgehead atoms. The van der Waals surface area contributed by atoms with Crippen molar-refractivity contribution < 1.29 is 9.47 Å². The first-order chi connectivity index (χ1) is 9.38. The number of rotatable bonds is 10. The number of hydrogen-bond donors (Lipinski definition) is 1.